The molecule has 20 heavy (non-hydrogen) atoms. The van der Waals surface area contributed by atoms with E-state index in [4.69, 9.17) is 4.74 Å². The van der Waals surface area contributed by atoms with E-state index >= 15 is 0 Å². The Balaban J connectivity index is 2.46. The molecule has 0 atom stereocenters. The van der Waals surface area contributed by atoms with Crippen molar-refractivity contribution >= 4 is 37.5 Å². The third-order valence-corrected chi connectivity index (χ3v) is 3.61. The van der Waals surface area contributed by atoms with Crippen molar-refractivity contribution in [2.24, 2.45) is 0 Å². The molecule has 2 aromatic rings. The van der Waals surface area contributed by atoms with Gasteiger partial charge in [-0.2, -0.15) is 0 Å². The van der Waals surface area contributed by atoms with Crippen molar-refractivity contribution in [2.45, 2.75) is 5.33 Å². The first-order valence-electron chi connectivity index (χ1n) is 5.47. The molecule has 0 amide bonds. The highest BCUT2D eigenvalue weighted by Gasteiger charge is 2.18. The lowest BCUT2D eigenvalue weighted by Crippen LogP contribution is -1.96. The Morgan fingerprint density at radius 1 is 1.20 bits per heavy atom. The molecule has 104 valence electrons. The van der Waals surface area contributed by atoms with E-state index in [1.54, 1.807) is 12.1 Å². The second kappa shape index (κ2) is 6.32. The van der Waals surface area contributed by atoms with Gasteiger partial charge in [-0.05, 0) is 18.2 Å². The van der Waals surface area contributed by atoms with Crippen molar-refractivity contribution in [1.29, 1.82) is 0 Å². The summed E-state index contributed by atoms with van der Waals surface area (Å²) in [5, 5.41) is 11.4. The molecule has 0 aliphatic carbocycles. The summed E-state index contributed by atoms with van der Waals surface area (Å²) in [5.41, 5.74) is 0.513. The van der Waals surface area contributed by atoms with Crippen LogP contribution in [-0.2, 0) is 5.33 Å². The molecule has 0 unspecified atom stereocenters. The molecule has 0 fully saturated rings. The highest BCUT2D eigenvalue weighted by Crippen LogP contribution is 2.35. The van der Waals surface area contributed by atoms with Crippen LogP contribution in [0.15, 0.2) is 40.9 Å². The van der Waals surface area contributed by atoms with Crippen LogP contribution in [0, 0.1) is 15.9 Å². The second-order valence-corrected chi connectivity index (χ2v) is 5.33. The Kier molecular flexibility index (Phi) is 4.72. The maximum absolute atomic E-state index is 13.3. The molecule has 0 aliphatic rings. The number of nitro groups is 1. The van der Waals surface area contributed by atoms with E-state index in [-0.39, 0.29) is 11.4 Å². The molecule has 0 aromatic heterocycles. The van der Waals surface area contributed by atoms with Gasteiger partial charge in [0.1, 0.15) is 11.6 Å². The molecular weight excluding hydrogens is 397 g/mol. The van der Waals surface area contributed by atoms with Crippen LogP contribution in [0.2, 0.25) is 0 Å². The maximum Gasteiger partial charge on any atom is 0.311 e. The first kappa shape index (κ1) is 14.9. The predicted molar refractivity (Wildman–Crippen MR) is 79.9 cm³/mol. The summed E-state index contributed by atoms with van der Waals surface area (Å²) < 4.78 is 19.5. The Labute approximate surface area is 131 Å². The zero-order valence-electron chi connectivity index (χ0n) is 9.98. The van der Waals surface area contributed by atoms with E-state index < -0.39 is 10.7 Å². The van der Waals surface area contributed by atoms with Crippen molar-refractivity contribution in [3.8, 4) is 11.5 Å². The van der Waals surface area contributed by atoms with Gasteiger partial charge in [-0.3, -0.25) is 10.1 Å². The largest absolute Gasteiger partial charge is 0.450 e. The van der Waals surface area contributed by atoms with Crippen molar-refractivity contribution < 1.29 is 14.1 Å². The molecule has 2 rings (SSSR count). The summed E-state index contributed by atoms with van der Waals surface area (Å²) in [6.07, 6.45) is 0. The fourth-order valence-corrected chi connectivity index (χ4v) is 2.38. The monoisotopic (exact) mass is 403 g/mol. The molecule has 0 spiro atoms. The summed E-state index contributed by atoms with van der Waals surface area (Å²) in [6, 6.07) is 8.40. The second-order valence-electron chi connectivity index (χ2n) is 3.86. The predicted octanol–water partition coefficient (Wildman–Crippen LogP) is 5.18. The standard InChI is InChI=1S/C13H8Br2FNO3/c14-7-8-1-2-9(15)5-12(8)20-13-6-10(16)3-4-11(13)17(18)19/h1-6H,7H2. The fraction of sp³-hybridized carbons (Fsp3) is 0.0769. The van der Waals surface area contributed by atoms with E-state index in [9.17, 15) is 14.5 Å². The van der Waals surface area contributed by atoms with Gasteiger partial charge in [-0.1, -0.05) is 37.9 Å². The molecule has 0 bridgehead atoms. The van der Waals surface area contributed by atoms with Gasteiger partial charge in [-0.25, -0.2) is 4.39 Å². The highest BCUT2D eigenvalue weighted by atomic mass is 79.9. The molecule has 0 radical (unpaired) electrons. The SMILES string of the molecule is O=[N+]([O-])c1ccc(F)cc1Oc1cc(Br)ccc1CBr. The molecule has 4 nitrogen and oxygen atoms in total. The van der Waals surface area contributed by atoms with Gasteiger partial charge in [0.2, 0.25) is 5.75 Å². The third-order valence-electron chi connectivity index (χ3n) is 2.51. The molecule has 0 aliphatic heterocycles. The summed E-state index contributed by atoms with van der Waals surface area (Å²) in [4.78, 5) is 10.3. The molecule has 2 aromatic carbocycles. The van der Waals surface area contributed by atoms with Crippen molar-refractivity contribution in [3.05, 3.63) is 62.4 Å². The van der Waals surface area contributed by atoms with Crippen molar-refractivity contribution in [2.75, 3.05) is 0 Å². The minimum absolute atomic E-state index is 0.129. The number of benzene rings is 2. The molecular formula is C13H8Br2FNO3. The van der Waals surface area contributed by atoms with Gasteiger partial charge < -0.3 is 4.74 Å². The summed E-state index contributed by atoms with van der Waals surface area (Å²) in [6.45, 7) is 0. The number of hydrogen-bond donors (Lipinski definition) is 0. The quantitative estimate of drug-likeness (QED) is 0.400. The fourth-order valence-electron chi connectivity index (χ4n) is 1.57. The maximum atomic E-state index is 13.3. The zero-order valence-corrected chi connectivity index (χ0v) is 13.1. The van der Waals surface area contributed by atoms with Gasteiger partial charge in [0.15, 0.2) is 0 Å². The number of ether oxygens (including phenoxy) is 1. The molecule has 0 heterocycles. The van der Waals surface area contributed by atoms with Crippen LogP contribution in [0.25, 0.3) is 0 Å². The van der Waals surface area contributed by atoms with E-state index in [2.05, 4.69) is 31.9 Å². The lowest BCUT2D eigenvalue weighted by molar-refractivity contribution is -0.385. The summed E-state index contributed by atoms with van der Waals surface area (Å²) in [5.74, 6) is -0.304. The number of halogens is 3. The van der Waals surface area contributed by atoms with Crippen LogP contribution in [0.5, 0.6) is 11.5 Å². The first-order valence-corrected chi connectivity index (χ1v) is 7.39. The number of rotatable bonds is 4. The van der Waals surface area contributed by atoms with Crippen molar-refractivity contribution in [1.82, 2.24) is 0 Å². The normalized spacial score (nSPS) is 10.3. The lowest BCUT2D eigenvalue weighted by atomic mass is 10.2. The molecule has 0 N–H and O–H groups in total. The van der Waals surface area contributed by atoms with Gasteiger partial charge in [-0.15, -0.1) is 0 Å². The summed E-state index contributed by atoms with van der Waals surface area (Å²) >= 11 is 6.60. The Morgan fingerprint density at radius 2 is 1.95 bits per heavy atom. The van der Waals surface area contributed by atoms with Crippen LogP contribution in [-0.4, -0.2) is 4.92 Å². The lowest BCUT2D eigenvalue weighted by Gasteiger charge is -2.10. The Hall–Kier alpha value is -1.47. The summed E-state index contributed by atoms with van der Waals surface area (Å²) in [7, 11) is 0. The third kappa shape index (κ3) is 3.34. The number of nitrogens with zero attached hydrogens (tertiary/aromatic N) is 1. The van der Waals surface area contributed by atoms with Crippen LogP contribution in [0.4, 0.5) is 10.1 Å². The van der Waals surface area contributed by atoms with Crippen molar-refractivity contribution in [3.63, 3.8) is 0 Å². The van der Waals surface area contributed by atoms with E-state index in [1.165, 1.54) is 0 Å². The van der Waals surface area contributed by atoms with E-state index in [0.29, 0.717) is 11.1 Å². The topological polar surface area (TPSA) is 52.4 Å². The number of nitro benzene ring substituents is 1. The minimum Gasteiger partial charge on any atom is -0.450 e. The van der Waals surface area contributed by atoms with Gasteiger partial charge in [0, 0.05) is 27.5 Å². The number of hydrogen-bond acceptors (Lipinski definition) is 3. The molecule has 7 heteroatoms. The molecule has 0 saturated heterocycles. The highest BCUT2D eigenvalue weighted by molar-refractivity contribution is 9.10. The average molecular weight is 405 g/mol. The van der Waals surface area contributed by atoms with Gasteiger partial charge in [0.25, 0.3) is 0 Å². The van der Waals surface area contributed by atoms with Crippen LogP contribution >= 0.6 is 31.9 Å². The smallest absolute Gasteiger partial charge is 0.311 e. The Morgan fingerprint density at radius 3 is 2.60 bits per heavy atom. The van der Waals surface area contributed by atoms with Crippen LogP contribution < -0.4 is 4.74 Å². The van der Waals surface area contributed by atoms with E-state index in [1.807, 2.05) is 6.07 Å². The molecule has 0 saturated carbocycles. The first-order chi connectivity index (χ1) is 9.51. The minimum atomic E-state index is -0.611. The zero-order chi connectivity index (χ0) is 14.7. The average Bonchev–Trinajstić information content (AvgIpc) is 2.38. The van der Waals surface area contributed by atoms with E-state index in [0.717, 1.165) is 28.2 Å². The van der Waals surface area contributed by atoms with Gasteiger partial charge >= 0.3 is 5.69 Å². The Bertz CT molecular complexity index is 664. The number of alkyl halides is 1. The van der Waals surface area contributed by atoms with Gasteiger partial charge in [0.05, 0.1) is 4.92 Å². The van der Waals surface area contributed by atoms with Crippen LogP contribution in [0.1, 0.15) is 5.56 Å². The van der Waals surface area contributed by atoms with Crippen LogP contribution in [0.3, 0.4) is 0 Å².